The van der Waals surface area contributed by atoms with Gasteiger partial charge in [-0.15, -0.1) is 0 Å². The van der Waals surface area contributed by atoms with Gasteiger partial charge in [-0.05, 0) is 36.0 Å². The lowest BCUT2D eigenvalue weighted by atomic mass is 10.1. The van der Waals surface area contributed by atoms with E-state index in [-0.39, 0.29) is 0 Å². The molecule has 3 nitrogen and oxygen atoms in total. The van der Waals surface area contributed by atoms with E-state index in [4.69, 9.17) is 12.2 Å². The van der Waals surface area contributed by atoms with Gasteiger partial charge in [0.25, 0.3) is 0 Å². The summed E-state index contributed by atoms with van der Waals surface area (Å²) in [6.07, 6.45) is 1.02. The van der Waals surface area contributed by atoms with Crippen LogP contribution in [-0.4, -0.2) is 31.8 Å². The largest absolute Gasteiger partial charge is 0.356 e. The average Bonchev–Trinajstić information content (AvgIpc) is 2.52. The smallest absolute Gasteiger partial charge is 0.170 e. The number of nitrogens with one attached hydrogen (secondary N) is 3. The molecule has 0 aliphatic rings. The minimum Gasteiger partial charge on any atom is -0.356 e. The molecule has 0 saturated carbocycles. The molecule has 0 fully saturated rings. The molecular weight excluding hydrogens is 370 g/mol. The van der Waals surface area contributed by atoms with Gasteiger partial charge in [0, 0.05) is 16.6 Å². The van der Waals surface area contributed by atoms with Crippen molar-refractivity contribution in [1.82, 2.24) is 5.32 Å². The first-order chi connectivity index (χ1) is 11.0. The SMILES string of the molecule is C[NH+](C)[C@H](CNC(=S)Nc1cccc(Br)c1)Cc1ccccc1. The summed E-state index contributed by atoms with van der Waals surface area (Å²) >= 11 is 8.87. The zero-order valence-electron chi connectivity index (χ0n) is 13.5. The van der Waals surface area contributed by atoms with Crippen LogP contribution in [0.25, 0.3) is 0 Å². The fourth-order valence-electron chi connectivity index (χ4n) is 2.34. The zero-order chi connectivity index (χ0) is 16.7. The van der Waals surface area contributed by atoms with E-state index in [9.17, 15) is 0 Å². The number of quaternary nitrogens is 1. The normalized spacial score (nSPS) is 12.0. The Morgan fingerprint density at radius 1 is 1.13 bits per heavy atom. The topological polar surface area (TPSA) is 28.5 Å². The van der Waals surface area contributed by atoms with Crippen molar-refractivity contribution in [2.24, 2.45) is 0 Å². The van der Waals surface area contributed by atoms with Crippen molar-refractivity contribution in [2.75, 3.05) is 26.0 Å². The first-order valence-corrected chi connectivity index (χ1v) is 8.89. The van der Waals surface area contributed by atoms with Crippen LogP contribution in [0.3, 0.4) is 0 Å². The summed E-state index contributed by atoms with van der Waals surface area (Å²) in [6, 6.07) is 19.0. The fourth-order valence-corrected chi connectivity index (χ4v) is 2.94. The van der Waals surface area contributed by atoms with Gasteiger partial charge in [0.1, 0.15) is 6.04 Å². The van der Waals surface area contributed by atoms with Gasteiger partial charge in [-0.25, -0.2) is 0 Å². The Kier molecular flexibility index (Phi) is 7.02. The number of hydrogen-bond donors (Lipinski definition) is 3. The first-order valence-electron chi connectivity index (χ1n) is 7.69. The van der Waals surface area contributed by atoms with Gasteiger partial charge in [0.15, 0.2) is 5.11 Å². The number of rotatable bonds is 6. The molecule has 0 aliphatic carbocycles. The minimum absolute atomic E-state index is 0.458. The van der Waals surface area contributed by atoms with Crippen LogP contribution in [0.1, 0.15) is 5.56 Å². The third-order valence-electron chi connectivity index (χ3n) is 3.73. The predicted octanol–water partition coefficient (Wildman–Crippen LogP) is 2.49. The lowest BCUT2D eigenvalue weighted by Gasteiger charge is -2.23. The molecule has 0 amide bonds. The summed E-state index contributed by atoms with van der Waals surface area (Å²) in [5.41, 5.74) is 2.33. The minimum atomic E-state index is 0.458. The molecule has 0 bridgehead atoms. The molecule has 122 valence electrons. The number of halogens is 1. The molecular formula is C18H23BrN3S+. The van der Waals surface area contributed by atoms with Gasteiger partial charge >= 0.3 is 0 Å². The zero-order valence-corrected chi connectivity index (χ0v) is 15.9. The molecule has 0 unspecified atom stereocenters. The molecule has 0 aromatic heterocycles. The van der Waals surface area contributed by atoms with Crippen LogP contribution < -0.4 is 15.5 Å². The summed E-state index contributed by atoms with van der Waals surface area (Å²) in [5.74, 6) is 0. The highest BCUT2D eigenvalue weighted by Gasteiger charge is 2.16. The van der Waals surface area contributed by atoms with Crippen LogP contribution in [0, 0.1) is 0 Å². The van der Waals surface area contributed by atoms with Gasteiger partial charge in [-0.1, -0.05) is 52.3 Å². The van der Waals surface area contributed by atoms with E-state index in [1.807, 2.05) is 24.3 Å². The van der Waals surface area contributed by atoms with Gasteiger partial charge in [-0.3, -0.25) is 0 Å². The lowest BCUT2D eigenvalue weighted by Crippen LogP contribution is -3.11. The molecule has 0 spiro atoms. The molecule has 0 saturated heterocycles. The number of benzene rings is 2. The molecule has 0 radical (unpaired) electrons. The quantitative estimate of drug-likeness (QED) is 0.659. The second-order valence-corrected chi connectivity index (χ2v) is 7.13. The van der Waals surface area contributed by atoms with Crippen LogP contribution >= 0.6 is 28.1 Å². The van der Waals surface area contributed by atoms with Crippen LogP contribution in [0.5, 0.6) is 0 Å². The van der Waals surface area contributed by atoms with Crippen molar-refractivity contribution in [1.29, 1.82) is 0 Å². The Morgan fingerprint density at radius 2 is 1.87 bits per heavy atom. The Hall–Kier alpha value is -1.43. The van der Waals surface area contributed by atoms with E-state index >= 15 is 0 Å². The molecule has 3 N–H and O–H groups in total. The number of likely N-dealkylation sites (N-methyl/N-ethyl adjacent to an activating group) is 1. The predicted molar refractivity (Wildman–Crippen MR) is 105 cm³/mol. The molecule has 23 heavy (non-hydrogen) atoms. The van der Waals surface area contributed by atoms with Crippen LogP contribution in [0.2, 0.25) is 0 Å². The standard InChI is InChI=1S/C18H22BrN3S/c1-22(2)17(11-14-7-4-3-5-8-14)13-20-18(23)21-16-10-6-9-15(19)12-16/h3-10,12,17H,11,13H2,1-2H3,(H2,20,21,23)/p+1/t17-/m0/s1. The molecule has 5 heteroatoms. The van der Waals surface area contributed by atoms with Crippen LogP contribution in [0.4, 0.5) is 5.69 Å². The van der Waals surface area contributed by atoms with Gasteiger partial charge in [-0.2, -0.15) is 0 Å². The van der Waals surface area contributed by atoms with Crippen molar-refractivity contribution in [3.8, 4) is 0 Å². The summed E-state index contributed by atoms with van der Waals surface area (Å²) in [6.45, 7) is 0.830. The summed E-state index contributed by atoms with van der Waals surface area (Å²) in [7, 11) is 4.36. The summed E-state index contributed by atoms with van der Waals surface area (Å²) in [5, 5.41) is 7.21. The molecule has 2 aromatic rings. The highest BCUT2D eigenvalue weighted by Crippen LogP contribution is 2.15. The van der Waals surface area contributed by atoms with Crippen LogP contribution in [-0.2, 0) is 6.42 Å². The number of anilines is 1. The summed E-state index contributed by atoms with van der Waals surface area (Å²) < 4.78 is 1.03. The Balaban J connectivity index is 1.87. The van der Waals surface area contributed by atoms with E-state index in [1.54, 1.807) is 0 Å². The molecule has 0 aliphatic heterocycles. The Labute approximate surface area is 152 Å². The molecule has 0 heterocycles. The highest BCUT2D eigenvalue weighted by atomic mass is 79.9. The molecule has 2 rings (SSSR count). The highest BCUT2D eigenvalue weighted by molar-refractivity contribution is 9.10. The van der Waals surface area contributed by atoms with E-state index in [0.29, 0.717) is 11.2 Å². The van der Waals surface area contributed by atoms with Crippen molar-refractivity contribution in [3.05, 3.63) is 64.6 Å². The van der Waals surface area contributed by atoms with Gasteiger partial charge in [0.05, 0.1) is 20.6 Å². The number of thiocarbonyl (C=S) groups is 1. The van der Waals surface area contributed by atoms with Crippen molar-refractivity contribution in [3.63, 3.8) is 0 Å². The average molecular weight is 393 g/mol. The maximum absolute atomic E-state index is 5.40. The lowest BCUT2D eigenvalue weighted by molar-refractivity contribution is -0.884. The fraction of sp³-hybridized carbons (Fsp3) is 0.278. The monoisotopic (exact) mass is 392 g/mol. The number of hydrogen-bond acceptors (Lipinski definition) is 1. The van der Waals surface area contributed by atoms with Crippen molar-refractivity contribution < 1.29 is 4.90 Å². The molecule has 2 aromatic carbocycles. The van der Waals surface area contributed by atoms with Crippen LogP contribution in [0.15, 0.2) is 59.1 Å². The van der Waals surface area contributed by atoms with Crippen molar-refractivity contribution >= 4 is 38.9 Å². The Bertz CT molecular complexity index is 631. The third kappa shape index (κ3) is 6.29. The van der Waals surface area contributed by atoms with E-state index in [2.05, 4.69) is 71.0 Å². The van der Waals surface area contributed by atoms with Gasteiger partial charge in [0.2, 0.25) is 0 Å². The molecule has 1 atom stereocenters. The van der Waals surface area contributed by atoms with E-state index in [1.165, 1.54) is 10.5 Å². The maximum atomic E-state index is 5.40. The Morgan fingerprint density at radius 3 is 2.52 bits per heavy atom. The van der Waals surface area contributed by atoms with Gasteiger partial charge < -0.3 is 15.5 Å². The van der Waals surface area contributed by atoms with E-state index < -0.39 is 0 Å². The maximum Gasteiger partial charge on any atom is 0.170 e. The van der Waals surface area contributed by atoms with E-state index in [0.717, 1.165) is 23.1 Å². The second kappa shape index (κ2) is 9.01. The van der Waals surface area contributed by atoms with Crippen molar-refractivity contribution in [2.45, 2.75) is 12.5 Å². The summed E-state index contributed by atoms with van der Waals surface area (Å²) in [4.78, 5) is 1.41. The first kappa shape index (κ1) is 17.9. The third-order valence-corrected chi connectivity index (χ3v) is 4.47. The second-order valence-electron chi connectivity index (χ2n) is 5.81.